The summed E-state index contributed by atoms with van der Waals surface area (Å²) in [6, 6.07) is 3.72. The van der Waals surface area contributed by atoms with Gasteiger partial charge in [0.05, 0.1) is 20.8 Å². The first-order valence-electron chi connectivity index (χ1n) is 7.26. The Bertz CT molecular complexity index is 486. The van der Waals surface area contributed by atoms with Gasteiger partial charge in [0.1, 0.15) is 11.5 Å². The Morgan fingerprint density at radius 3 is 2.24 bits per heavy atom. The lowest BCUT2D eigenvalue weighted by molar-refractivity contribution is 0.0525. The van der Waals surface area contributed by atoms with Crippen molar-refractivity contribution in [3.63, 3.8) is 0 Å². The second kappa shape index (κ2) is 6.80. The topological polar surface area (TPSA) is 59.0 Å². The minimum absolute atomic E-state index is 0.0254. The molecule has 1 saturated carbocycles. The highest BCUT2D eigenvalue weighted by molar-refractivity contribution is 5.95. The molecular formula is C16H23NO4. The molecule has 0 unspecified atom stereocenters. The summed E-state index contributed by atoms with van der Waals surface area (Å²) >= 11 is 0. The molecule has 1 fully saturated rings. The van der Waals surface area contributed by atoms with Gasteiger partial charge in [-0.2, -0.15) is 0 Å². The molecule has 1 aromatic rings. The van der Waals surface area contributed by atoms with Gasteiger partial charge in [0.15, 0.2) is 0 Å². The maximum atomic E-state index is 12.7. The Morgan fingerprint density at radius 2 is 1.86 bits per heavy atom. The van der Waals surface area contributed by atoms with Crippen molar-refractivity contribution in [2.24, 2.45) is 0 Å². The lowest BCUT2D eigenvalue weighted by Gasteiger charge is -2.37. The summed E-state index contributed by atoms with van der Waals surface area (Å²) in [7, 11) is 3.15. The molecule has 0 heterocycles. The molecule has 1 aromatic carbocycles. The summed E-state index contributed by atoms with van der Waals surface area (Å²) < 4.78 is 10.6. The minimum Gasteiger partial charge on any atom is -0.496 e. The van der Waals surface area contributed by atoms with Gasteiger partial charge >= 0.3 is 0 Å². The number of aliphatic hydroxyl groups is 1. The predicted molar refractivity (Wildman–Crippen MR) is 80.0 cm³/mol. The molecule has 0 radical (unpaired) electrons. The quantitative estimate of drug-likeness (QED) is 0.871. The van der Waals surface area contributed by atoms with Crippen molar-refractivity contribution in [2.75, 3.05) is 27.4 Å². The van der Waals surface area contributed by atoms with Gasteiger partial charge in [0.2, 0.25) is 0 Å². The Labute approximate surface area is 125 Å². The van der Waals surface area contributed by atoms with Crippen LogP contribution in [0, 0.1) is 6.92 Å². The van der Waals surface area contributed by atoms with E-state index < -0.39 is 0 Å². The highest BCUT2D eigenvalue weighted by atomic mass is 16.5. The number of ether oxygens (including phenoxy) is 2. The van der Waals surface area contributed by atoms with Gasteiger partial charge in [-0.05, 0) is 38.3 Å². The number of aliphatic hydroxyl groups excluding tert-OH is 1. The molecule has 1 aliphatic carbocycles. The maximum Gasteiger partial charge on any atom is 0.254 e. The van der Waals surface area contributed by atoms with Crippen LogP contribution in [-0.4, -0.2) is 49.3 Å². The van der Waals surface area contributed by atoms with Crippen LogP contribution in [0.5, 0.6) is 11.5 Å². The van der Waals surface area contributed by atoms with E-state index in [1.807, 2.05) is 6.92 Å². The van der Waals surface area contributed by atoms with Crippen molar-refractivity contribution in [1.29, 1.82) is 0 Å². The summed E-state index contributed by atoms with van der Waals surface area (Å²) in [5.41, 5.74) is 1.41. The molecule has 0 aliphatic heterocycles. The molecule has 0 atom stereocenters. The number of carbonyl (C=O) groups excluding carboxylic acids is 1. The molecule has 0 saturated heterocycles. The third-order valence-corrected chi connectivity index (χ3v) is 4.12. The fourth-order valence-electron chi connectivity index (χ4n) is 2.63. The molecule has 5 heteroatoms. The van der Waals surface area contributed by atoms with Crippen molar-refractivity contribution in [3.8, 4) is 11.5 Å². The van der Waals surface area contributed by atoms with Crippen LogP contribution in [0.2, 0.25) is 0 Å². The van der Waals surface area contributed by atoms with Crippen LogP contribution in [0.25, 0.3) is 0 Å². The molecule has 5 nitrogen and oxygen atoms in total. The summed E-state index contributed by atoms with van der Waals surface area (Å²) in [6.45, 7) is 2.23. The van der Waals surface area contributed by atoms with Gasteiger partial charge < -0.3 is 19.5 Å². The van der Waals surface area contributed by atoms with E-state index in [2.05, 4.69) is 0 Å². The van der Waals surface area contributed by atoms with Crippen LogP contribution in [0.4, 0.5) is 0 Å². The van der Waals surface area contributed by atoms with Gasteiger partial charge in [-0.15, -0.1) is 0 Å². The first kappa shape index (κ1) is 15.6. The van der Waals surface area contributed by atoms with Crippen molar-refractivity contribution >= 4 is 5.91 Å². The van der Waals surface area contributed by atoms with Gasteiger partial charge in [-0.1, -0.05) is 0 Å². The van der Waals surface area contributed by atoms with Crippen LogP contribution >= 0.6 is 0 Å². The van der Waals surface area contributed by atoms with E-state index in [9.17, 15) is 9.90 Å². The zero-order valence-electron chi connectivity index (χ0n) is 12.9. The molecule has 1 aliphatic rings. The fraction of sp³-hybridized carbons (Fsp3) is 0.562. The smallest absolute Gasteiger partial charge is 0.254 e. The van der Waals surface area contributed by atoms with Gasteiger partial charge in [0, 0.05) is 23.7 Å². The summed E-state index contributed by atoms with van der Waals surface area (Å²) in [5, 5.41) is 9.20. The Hall–Kier alpha value is -1.75. The molecule has 116 valence electrons. The van der Waals surface area contributed by atoms with E-state index in [0.29, 0.717) is 23.6 Å². The van der Waals surface area contributed by atoms with Gasteiger partial charge in [-0.3, -0.25) is 4.79 Å². The maximum absolute atomic E-state index is 12.7. The van der Waals surface area contributed by atoms with Gasteiger partial charge in [0.25, 0.3) is 5.91 Å². The molecule has 21 heavy (non-hydrogen) atoms. The SMILES string of the molecule is COc1cc(C(=O)N(CCO)C2CCC2)cc(OC)c1C. The zero-order valence-corrected chi connectivity index (χ0v) is 12.9. The summed E-state index contributed by atoms with van der Waals surface area (Å²) in [5.74, 6) is 1.19. The number of hydrogen-bond acceptors (Lipinski definition) is 4. The molecule has 1 amide bonds. The van der Waals surface area contributed by atoms with Crippen LogP contribution in [0.3, 0.4) is 0 Å². The predicted octanol–water partition coefficient (Wildman–Crippen LogP) is 2.00. The molecule has 0 aromatic heterocycles. The van der Waals surface area contributed by atoms with Crippen LogP contribution in [-0.2, 0) is 0 Å². The van der Waals surface area contributed by atoms with Crippen molar-refractivity contribution in [1.82, 2.24) is 4.90 Å². The van der Waals surface area contributed by atoms with Crippen molar-refractivity contribution in [2.45, 2.75) is 32.2 Å². The average molecular weight is 293 g/mol. The number of benzene rings is 1. The largest absolute Gasteiger partial charge is 0.496 e. The third-order valence-electron chi connectivity index (χ3n) is 4.12. The standard InChI is InChI=1S/C16H23NO4/c1-11-14(20-2)9-12(10-15(11)21-3)16(19)17(7-8-18)13-5-4-6-13/h9-10,13,18H,4-8H2,1-3H3. The van der Waals surface area contributed by atoms with E-state index in [4.69, 9.17) is 9.47 Å². The van der Waals surface area contributed by atoms with Crippen molar-refractivity contribution < 1.29 is 19.4 Å². The second-order valence-electron chi connectivity index (χ2n) is 5.31. The average Bonchev–Trinajstić information content (AvgIpc) is 2.44. The lowest BCUT2D eigenvalue weighted by Crippen LogP contribution is -2.45. The number of carbonyl (C=O) groups is 1. The normalized spacial score (nSPS) is 14.5. The number of amides is 1. The first-order chi connectivity index (χ1) is 10.1. The Morgan fingerprint density at radius 1 is 1.29 bits per heavy atom. The number of rotatable bonds is 6. The lowest BCUT2D eigenvalue weighted by atomic mass is 9.91. The number of methoxy groups -OCH3 is 2. The van der Waals surface area contributed by atoms with E-state index in [0.717, 1.165) is 24.8 Å². The molecule has 0 spiro atoms. The highest BCUT2D eigenvalue weighted by Gasteiger charge is 2.29. The molecule has 0 bridgehead atoms. The first-order valence-corrected chi connectivity index (χ1v) is 7.26. The third kappa shape index (κ3) is 3.13. The fourth-order valence-corrected chi connectivity index (χ4v) is 2.63. The van der Waals surface area contributed by atoms with Crippen LogP contribution in [0.15, 0.2) is 12.1 Å². The van der Waals surface area contributed by atoms with E-state index >= 15 is 0 Å². The van der Waals surface area contributed by atoms with Crippen LogP contribution in [0.1, 0.15) is 35.2 Å². The van der Waals surface area contributed by atoms with Crippen molar-refractivity contribution in [3.05, 3.63) is 23.3 Å². The number of hydrogen-bond donors (Lipinski definition) is 1. The number of nitrogens with zero attached hydrogens (tertiary/aromatic N) is 1. The van der Waals surface area contributed by atoms with E-state index in [1.165, 1.54) is 0 Å². The van der Waals surface area contributed by atoms with E-state index in [1.54, 1.807) is 31.3 Å². The summed E-state index contributed by atoms with van der Waals surface area (Å²) in [6.07, 6.45) is 3.15. The zero-order chi connectivity index (χ0) is 15.4. The van der Waals surface area contributed by atoms with E-state index in [-0.39, 0.29) is 18.6 Å². The van der Waals surface area contributed by atoms with Crippen LogP contribution < -0.4 is 9.47 Å². The Kier molecular flexibility index (Phi) is 5.07. The molecule has 2 rings (SSSR count). The highest BCUT2D eigenvalue weighted by Crippen LogP contribution is 2.32. The monoisotopic (exact) mass is 293 g/mol. The molecular weight excluding hydrogens is 270 g/mol. The second-order valence-corrected chi connectivity index (χ2v) is 5.31. The minimum atomic E-state index is -0.0784. The Balaban J connectivity index is 2.32. The summed E-state index contributed by atoms with van der Waals surface area (Å²) in [4.78, 5) is 14.5. The molecule has 1 N–H and O–H groups in total. The van der Waals surface area contributed by atoms with Gasteiger partial charge in [-0.25, -0.2) is 0 Å².